The van der Waals surface area contributed by atoms with Crippen molar-refractivity contribution in [3.8, 4) is 0 Å². The third-order valence-corrected chi connectivity index (χ3v) is 3.90. The number of carbonyl (C=O) groups is 2. The van der Waals surface area contributed by atoms with Crippen LogP contribution in [0.5, 0.6) is 0 Å². The number of carbonyl (C=O) groups excluding carboxylic acids is 2. The summed E-state index contributed by atoms with van der Waals surface area (Å²) in [5, 5.41) is 8.26. The van der Waals surface area contributed by atoms with Crippen LogP contribution in [0.4, 0.5) is 10.5 Å². The van der Waals surface area contributed by atoms with Gasteiger partial charge in [0, 0.05) is 11.7 Å². The fourth-order valence-electron chi connectivity index (χ4n) is 2.65. The van der Waals surface area contributed by atoms with E-state index in [0.29, 0.717) is 11.6 Å². The van der Waals surface area contributed by atoms with Crippen LogP contribution in [0, 0.1) is 5.92 Å². The van der Waals surface area contributed by atoms with Crippen LogP contribution in [0.2, 0.25) is 0 Å². The zero-order valence-electron chi connectivity index (χ0n) is 12.4. The molecule has 1 aliphatic carbocycles. The molecule has 0 aromatic heterocycles. The van der Waals surface area contributed by atoms with E-state index in [0.717, 1.165) is 19.3 Å². The van der Waals surface area contributed by atoms with Crippen molar-refractivity contribution in [1.82, 2.24) is 10.6 Å². The van der Waals surface area contributed by atoms with E-state index in [2.05, 4.69) is 22.9 Å². The van der Waals surface area contributed by atoms with Crippen LogP contribution in [0.15, 0.2) is 30.3 Å². The third kappa shape index (κ3) is 5.10. The summed E-state index contributed by atoms with van der Waals surface area (Å²) < 4.78 is 0. The van der Waals surface area contributed by atoms with Gasteiger partial charge in [-0.15, -0.1) is 0 Å². The lowest BCUT2D eigenvalue weighted by molar-refractivity contribution is -0.121. The molecule has 2 atom stereocenters. The van der Waals surface area contributed by atoms with E-state index in [1.165, 1.54) is 6.42 Å². The van der Waals surface area contributed by atoms with E-state index >= 15 is 0 Å². The molecule has 0 aliphatic heterocycles. The van der Waals surface area contributed by atoms with Crippen molar-refractivity contribution >= 4 is 17.6 Å². The minimum Gasteiger partial charge on any atom is -0.352 e. The van der Waals surface area contributed by atoms with Gasteiger partial charge in [-0.1, -0.05) is 38.0 Å². The molecular formula is C16H23N3O2. The third-order valence-electron chi connectivity index (χ3n) is 3.90. The molecule has 114 valence electrons. The first-order valence-electron chi connectivity index (χ1n) is 7.54. The predicted octanol–water partition coefficient (Wildman–Crippen LogP) is 2.50. The van der Waals surface area contributed by atoms with Crippen molar-refractivity contribution in [2.45, 2.75) is 38.6 Å². The van der Waals surface area contributed by atoms with Crippen LogP contribution in [-0.4, -0.2) is 24.5 Å². The Labute approximate surface area is 125 Å². The van der Waals surface area contributed by atoms with Gasteiger partial charge in [0.1, 0.15) is 0 Å². The van der Waals surface area contributed by atoms with E-state index < -0.39 is 0 Å². The summed E-state index contributed by atoms with van der Waals surface area (Å²) in [4.78, 5) is 23.5. The second-order valence-electron chi connectivity index (χ2n) is 5.61. The van der Waals surface area contributed by atoms with E-state index in [9.17, 15) is 9.59 Å². The van der Waals surface area contributed by atoms with Crippen molar-refractivity contribution in [3.05, 3.63) is 30.3 Å². The number of amides is 3. The van der Waals surface area contributed by atoms with Gasteiger partial charge in [0.2, 0.25) is 5.91 Å². The molecule has 0 spiro atoms. The van der Waals surface area contributed by atoms with Crippen LogP contribution in [0.25, 0.3) is 0 Å². The van der Waals surface area contributed by atoms with Crippen molar-refractivity contribution in [2.75, 3.05) is 11.9 Å². The molecule has 1 aliphatic rings. The molecular weight excluding hydrogens is 266 g/mol. The fourth-order valence-corrected chi connectivity index (χ4v) is 2.65. The maximum absolute atomic E-state index is 11.9. The van der Waals surface area contributed by atoms with Gasteiger partial charge in [-0.2, -0.15) is 0 Å². The quantitative estimate of drug-likeness (QED) is 0.797. The van der Waals surface area contributed by atoms with E-state index in [4.69, 9.17) is 0 Å². The highest BCUT2D eigenvalue weighted by molar-refractivity contribution is 5.92. The summed E-state index contributed by atoms with van der Waals surface area (Å²) in [6.45, 7) is 2.17. The number of nitrogens with one attached hydrogen (secondary N) is 3. The maximum Gasteiger partial charge on any atom is 0.319 e. The maximum atomic E-state index is 11.9. The van der Waals surface area contributed by atoms with Gasteiger partial charge in [0.05, 0.1) is 6.54 Å². The Morgan fingerprint density at radius 2 is 1.86 bits per heavy atom. The lowest BCUT2D eigenvalue weighted by atomic mass is 9.86. The van der Waals surface area contributed by atoms with Crippen LogP contribution >= 0.6 is 0 Å². The minimum absolute atomic E-state index is 0.00187. The Kier molecular flexibility index (Phi) is 5.60. The molecule has 5 heteroatoms. The first kappa shape index (κ1) is 15.4. The zero-order chi connectivity index (χ0) is 15.1. The normalized spacial score (nSPS) is 21.4. The number of urea groups is 1. The molecule has 3 N–H and O–H groups in total. The lowest BCUT2D eigenvalue weighted by Crippen LogP contribution is -2.46. The van der Waals surface area contributed by atoms with E-state index in [1.807, 2.05) is 18.2 Å². The number of hydrogen-bond acceptors (Lipinski definition) is 2. The van der Waals surface area contributed by atoms with Gasteiger partial charge in [0.25, 0.3) is 0 Å². The molecule has 0 bridgehead atoms. The molecule has 1 aromatic rings. The second-order valence-corrected chi connectivity index (χ2v) is 5.61. The van der Waals surface area contributed by atoms with Gasteiger partial charge in [-0.05, 0) is 30.9 Å². The Bertz CT molecular complexity index is 476. The van der Waals surface area contributed by atoms with Crippen LogP contribution in [0.1, 0.15) is 32.6 Å². The van der Waals surface area contributed by atoms with Gasteiger partial charge in [0.15, 0.2) is 0 Å². The molecule has 2 rings (SSSR count). The number of rotatable bonds is 4. The highest BCUT2D eigenvalue weighted by Crippen LogP contribution is 2.23. The van der Waals surface area contributed by atoms with Gasteiger partial charge >= 0.3 is 6.03 Å². The molecule has 21 heavy (non-hydrogen) atoms. The smallest absolute Gasteiger partial charge is 0.319 e. The van der Waals surface area contributed by atoms with Gasteiger partial charge < -0.3 is 16.0 Å². The first-order chi connectivity index (χ1) is 10.1. The highest BCUT2D eigenvalue weighted by Gasteiger charge is 2.22. The molecule has 0 heterocycles. The molecule has 0 radical (unpaired) electrons. The molecule has 1 saturated carbocycles. The first-order valence-corrected chi connectivity index (χ1v) is 7.54. The monoisotopic (exact) mass is 289 g/mol. The summed E-state index contributed by atoms with van der Waals surface area (Å²) in [6, 6.07) is 9.02. The summed E-state index contributed by atoms with van der Waals surface area (Å²) in [6.07, 6.45) is 4.60. The van der Waals surface area contributed by atoms with E-state index in [-0.39, 0.29) is 24.5 Å². The Hall–Kier alpha value is -2.04. The summed E-state index contributed by atoms with van der Waals surface area (Å²) in [5.74, 6) is 0.387. The van der Waals surface area contributed by atoms with Crippen LogP contribution in [-0.2, 0) is 4.79 Å². The Balaban J connectivity index is 1.69. The molecule has 1 fully saturated rings. The number of benzene rings is 1. The summed E-state index contributed by atoms with van der Waals surface area (Å²) in [7, 11) is 0. The lowest BCUT2D eigenvalue weighted by Gasteiger charge is -2.29. The minimum atomic E-state index is -0.368. The van der Waals surface area contributed by atoms with Crippen molar-refractivity contribution in [1.29, 1.82) is 0 Å². The molecule has 0 unspecified atom stereocenters. The summed E-state index contributed by atoms with van der Waals surface area (Å²) >= 11 is 0. The van der Waals surface area contributed by atoms with E-state index in [1.54, 1.807) is 12.1 Å². The second kappa shape index (κ2) is 7.67. The largest absolute Gasteiger partial charge is 0.352 e. The standard InChI is InChI=1S/C16H23N3O2/c1-12-7-5-6-10-14(12)19-15(20)11-17-16(21)18-13-8-3-2-4-9-13/h2-4,8-9,12,14H,5-7,10-11H2,1H3,(H,19,20)(H2,17,18,21)/t12-,14+/m0/s1. The number of anilines is 1. The SMILES string of the molecule is C[C@H]1CCCC[C@H]1NC(=O)CNC(=O)Nc1ccccc1. The molecule has 1 aromatic carbocycles. The van der Waals surface area contributed by atoms with Crippen LogP contribution < -0.4 is 16.0 Å². The van der Waals surface area contributed by atoms with Gasteiger partial charge in [-0.25, -0.2) is 4.79 Å². The molecule has 3 amide bonds. The highest BCUT2D eigenvalue weighted by atomic mass is 16.2. The number of para-hydroxylation sites is 1. The zero-order valence-corrected chi connectivity index (χ0v) is 12.4. The summed E-state index contributed by atoms with van der Waals surface area (Å²) in [5.41, 5.74) is 0.705. The van der Waals surface area contributed by atoms with Gasteiger partial charge in [-0.3, -0.25) is 4.79 Å². The predicted molar refractivity (Wildman–Crippen MR) is 83.0 cm³/mol. The Morgan fingerprint density at radius 1 is 1.14 bits per heavy atom. The van der Waals surface area contributed by atoms with Crippen molar-refractivity contribution in [2.24, 2.45) is 5.92 Å². The number of hydrogen-bond donors (Lipinski definition) is 3. The van der Waals surface area contributed by atoms with Crippen molar-refractivity contribution in [3.63, 3.8) is 0 Å². The van der Waals surface area contributed by atoms with Crippen molar-refractivity contribution < 1.29 is 9.59 Å². The average Bonchev–Trinajstić information content (AvgIpc) is 2.49. The average molecular weight is 289 g/mol. The molecule has 5 nitrogen and oxygen atoms in total. The molecule has 0 saturated heterocycles. The fraction of sp³-hybridized carbons (Fsp3) is 0.500. The topological polar surface area (TPSA) is 70.2 Å². The Morgan fingerprint density at radius 3 is 2.57 bits per heavy atom. The van der Waals surface area contributed by atoms with Crippen LogP contribution in [0.3, 0.4) is 0 Å².